The van der Waals surface area contributed by atoms with Gasteiger partial charge in [-0.1, -0.05) is 19.0 Å². The van der Waals surface area contributed by atoms with Gasteiger partial charge in [-0.05, 0) is 44.7 Å². The normalized spacial score (nSPS) is 22.9. The van der Waals surface area contributed by atoms with E-state index in [0.717, 1.165) is 44.7 Å². The molecule has 0 saturated carbocycles. The molecule has 1 amide bonds. The maximum Gasteiger partial charge on any atom is 0.257 e. The number of carbonyl (C=O) groups is 1. The molecule has 4 heterocycles. The lowest BCUT2D eigenvalue weighted by molar-refractivity contribution is 0.0591. The largest absolute Gasteiger partial charge is 0.469 e. The fourth-order valence-electron chi connectivity index (χ4n) is 4.50. The number of aromatic nitrogens is 2. The molecule has 1 unspecified atom stereocenters. The second-order valence-corrected chi connectivity index (χ2v) is 8.46. The molecule has 0 radical (unpaired) electrons. The van der Waals surface area contributed by atoms with Gasteiger partial charge in [-0.15, -0.1) is 0 Å². The predicted molar refractivity (Wildman–Crippen MR) is 99.4 cm³/mol. The molecule has 27 heavy (non-hydrogen) atoms. The van der Waals surface area contributed by atoms with Crippen molar-refractivity contribution < 1.29 is 13.7 Å². The van der Waals surface area contributed by atoms with Gasteiger partial charge < -0.3 is 13.8 Å². The monoisotopic (exact) mass is 372 g/mol. The van der Waals surface area contributed by atoms with Gasteiger partial charge in [-0.3, -0.25) is 9.69 Å². The number of carbonyl (C=O) groups excluding carboxylic acids is 1. The summed E-state index contributed by atoms with van der Waals surface area (Å²) in [5, 5.41) is 4.23. The molecule has 2 fully saturated rings. The molecule has 7 nitrogen and oxygen atoms in total. The second-order valence-electron chi connectivity index (χ2n) is 8.46. The first-order valence-electron chi connectivity index (χ1n) is 9.76. The molecule has 1 atom stereocenters. The average molecular weight is 372 g/mol. The molecule has 0 bridgehead atoms. The Bertz CT molecular complexity index is 817. The van der Waals surface area contributed by atoms with Gasteiger partial charge in [0.1, 0.15) is 5.76 Å². The van der Waals surface area contributed by atoms with Crippen molar-refractivity contribution >= 4 is 5.91 Å². The number of furan rings is 1. The van der Waals surface area contributed by atoms with Crippen molar-refractivity contribution in [1.82, 2.24) is 19.9 Å². The van der Waals surface area contributed by atoms with Crippen LogP contribution in [0.4, 0.5) is 0 Å². The number of aryl methyl sites for hydroxylation is 1. The number of likely N-dealkylation sites (tertiary alicyclic amines) is 2. The van der Waals surface area contributed by atoms with E-state index in [-0.39, 0.29) is 23.3 Å². The summed E-state index contributed by atoms with van der Waals surface area (Å²) in [5.41, 5.74) is 0.903. The van der Waals surface area contributed by atoms with Crippen LogP contribution in [-0.4, -0.2) is 52.5 Å². The molecule has 0 aromatic carbocycles. The highest BCUT2D eigenvalue weighted by molar-refractivity contribution is 5.95. The van der Waals surface area contributed by atoms with Gasteiger partial charge in [0.2, 0.25) is 5.89 Å². The minimum atomic E-state index is 0.0822. The number of piperidine rings is 1. The zero-order valence-corrected chi connectivity index (χ0v) is 16.6. The Labute approximate surface area is 159 Å². The molecule has 0 aliphatic carbocycles. The molecular weight excluding hydrogens is 344 g/mol. The standard InChI is InChI=1S/C20H28N4O3/c1-13(2)18-21-17(22-27-18)16-11-20(12-23(16)4)6-8-24(9-7-20)19(25)15-5-10-26-14(15)3/h5,10,13,16H,6-9,11-12H2,1-4H3. The average Bonchev–Trinajstić information content (AvgIpc) is 3.34. The molecule has 7 heteroatoms. The molecule has 2 aromatic rings. The lowest BCUT2D eigenvalue weighted by Crippen LogP contribution is -2.44. The van der Waals surface area contributed by atoms with E-state index in [2.05, 4.69) is 35.9 Å². The highest BCUT2D eigenvalue weighted by atomic mass is 16.5. The Balaban J connectivity index is 1.42. The smallest absolute Gasteiger partial charge is 0.257 e. The van der Waals surface area contributed by atoms with E-state index in [1.165, 1.54) is 0 Å². The second kappa shape index (κ2) is 6.78. The first-order valence-corrected chi connectivity index (χ1v) is 9.76. The summed E-state index contributed by atoms with van der Waals surface area (Å²) in [6.07, 6.45) is 4.62. The van der Waals surface area contributed by atoms with E-state index in [1.807, 2.05) is 11.8 Å². The van der Waals surface area contributed by atoms with Crippen molar-refractivity contribution in [2.45, 2.75) is 52.0 Å². The molecule has 2 saturated heterocycles. The van der Waals surface area contributed by atoms with Crippen LogP contribution in [0.15, 0.2) is 21.3 Å². The summed E-state index contributed by atoms with van der Waals surface area (Å²) >= 11 is 0. The van der Waals surface area contributed by atoms with E-state index in [4.69, 9.17) is 8.94 Å². The Morgan fingerprint density at radius 3 is 2.67 bits per heavy atom. The van der Waals surface area contributed by atoms with Crippen molar-refractivity contribution in [2.75, 3.05) is 26.7 Å². The summed E-state index contributed by atoms with van der Waals surface area (Å²) in [6, 6.07) is 1.96. The summed E-state index contributed by atoms with van der Waals surface area (Å²) in [7, 11) is 2.14. The first kappa shape index (κ1) is 18.2. The predicted octanol–water partition coefficient (Wildman–Crippen LogP) is 3.39. The zero-order chi connectivity index (χ0) is 19.2. The third-order valence-electron chi connectivity index (χ3n) is 6.19. The van der Waals surface area contributed by atoms with Gasteiger partial charge in [-0.25, -0.2) is 0 Å². The van der Waals surface area contributed by atoms with Gasteiger partial charge in [0, 0.05) is 25.6 Å². The third-order valence-corrected chi connectivity index (χ3v) is 6.19. The Kier molecular flexibility index (Phi) is 4.58. The van der Waals surface area contributed by atoms with Crippen LogP contribution >= 0.6 is 0 Å². The highest BCUT2D eigenvalue weighted by Gasteiger charge is 2.46. The van der Waals surface area contributed by atoms with Crippen molar-refractivity contribution in [3.05, 3.63) is 35.4 Å². The lowest BCUT2D eigenvalue weighted by atomic mass is 9.76. The summed E-state index contributed by atoms with van der Waals surface area (Å²) in [5.74, 6) is 2.52. The summed E-state index contributed by atoms with van der Waals surface area (Å²) < 4.78 is 10.7. The van der Waals surface area contributed by atoms with Crippen LogP contribution in [0.5, 0.6) is 0 Å². The van der Waals surface area contributed by atoms with Crippen molar-refractivity contribution in [3.63, 3.8) is 0 Å². The van der Waals surface area contributed by atoms with E-state index >= 15 is 0 Å². The van der Waals surface area contributed by atoms with Crippen molar-refractivity contribution in [1.29, 1.82) is 0 Å². The maximum absolute atomic E-state index is 12.7. The van der Waals surface area contributed by atoms with E-state index in [0.29, 0.717) is 17.2 Å². The van der Waals surface area contributed by atoms with Crippen LogP contribution < -0.4 is 0 Å². The van der Waals surface area contributed by atoms with E-state index in [1.54, 1.807) is 12.3 Å². The topological polar surface area (TPSA) is 75.6 Å². The number of nitrogens with zero attached hydrogens (tertiary/aromatic N) is 4. The third kappa shape index (κ3) is 3.29. The van der Waals surface area contributed by atoms with Crippen molar-refractivity contribution in [3.8, 4) is 0 Å². The first-order chi connectivity index (χ1) is 12.9. The summed E-state index contributed by atoms with van der Waals surface area (Å²) in [6.45, 7) is 8.54. The van der Waals surface area contributed by atoms with E-state index < -0.39 is 0 Å². The van der Waals surface area contributed by atoms with E-state index in [9.17, 15) is 4.79 Å². The Hall–Kier alpha value is -2.15. The SMILES string of the molecule is Cc1occc1C(=O)N1CCC2(CC1)CC(c1noc(C(C)C)n1)N(C)C2. The van der Waals surface area contributed by atoms with Crippen LogP contribution in [0.3, 0.4) is 0 Å². The van der Waals surface area contributed by atoms with Gasteiger partial charge in [-0.2, -0.15) is 4.98 Å². The maximum atomic E-state index is 12.7. The Morgan fingerprint density at radius 2 is 2.07 bits per heavy atom. The van der Waals surface area contributed by atoms with Crippen LogP contribution in [-0.2, 0) is 0 Å². The fraction of sp³-hybridized carbons (Fsp3) is 0.650. The number of hydrogen-bond acceptors (Lipinski definition) is 6. The molecular formula is C20H28N4O3. The minimum absolute atomic E-state index is 0.0822. The molecule has 0 N–H and O–H groups in total. The van der Waals surface area contributed by atoms with Gasteiger partial charge in [0.25, 0.3) is 5.91 Å². The van der Waals surface area contributed by atoms with Gasteiger partial charge >= 0.3 is 0 Å². The zero-order valence-electron chi connectivity index (χ0n) is 16.6. The molecule has 2 aromatic heterocycles. The molecule has 1 spiro atoms. The highest BCUT2D eigenvalue weighted by Crippen LogP contribution is 2.47. The minimum Gasteiger partial charge on any atom is -0.469 e. The summed E-state index contributed by atoms with van der Waals surface area (Å²) in [4.78, 5) is 21.6. The number of amides is 1. The van der Waals surface area contributed by atoms with Crippen LogP contribution in [0.2, 0.25) is 0 Å². The van der Waals surface area contributed by atoms with Crippen LogP contribution in [0.1, 0.15) is 72.9 Å². The number of hydrogen-bond donors (Lipinski definition) is 0. The quantitative estimate of drug-likeness (QED) is 0.822. The van der Waals surface area contributed by atoms with Gasteiger partial charge in [0.05, 0.1) is 17.9 Å². The Morgan fingerprint density at radius 1 is 1.33 bits per heavy atom. The molecule has 146 valence electrons. The number of rotatable bonds is 3. The molecule has 2 aliphatic rings. The van der Waals surface area contributed by atoms with Crippen molar-refractivity contribution in [2.24, 2.45) is 5.41 Å². The molecule has 4 rings (SSSR count). The fourth-order valence-corrected chi connectivity index (χ4v) is 4.50. The molecule has 2 aliphatic heterocycles. The van der Waals surface area contributed by atoms with Gasteiger partial charge in [0.15, 0.2) is 5.82 Å². The lowest BCUT2D eigenvalue weighted by Gasteiger charge is -2.39. The van der Waals surface area contributed by atoms with Crippen LogP contribution in [0.25, 0.3) is 0 Å². The van der Waals surface area contributed by atoms with Crippen LogP contribution in [0, 0.1) is 12.3 Å².